The average molecular weight is 172 g/mol. The maximum Gasteiger partial charge on any atom is 0.311 e. The van der Waals surface area contributed by atoms with E-state index in [-0.39, 0.29) is 17.9 Å². The van der Waals surface area contributed by atoms with E-state index >= 15 is 0 Å². The molecule has 2 atom stereocenters. The molecule has 1 aliphatic rings. The first-order valence-corrected chi connectivity index (χ1v) is 4.26. The highest BCUT2D eigenvalue weighted by atomic mass is 16.5. The smallest absolute Gasteiger partial charge is 0.311 e. The van der Waals surface area contributed by atoms with Crippen molar-refractivity contribution in [3.8, 4) is 0 Å². The SMILES string of the molecule is CCOC(=O)C1CN(C)CC1N. The predicted octanol–water partition coefficient (Wildman–Crippen LogP) is -0.562. The molecule has 4 heteroatoms. The Kier molecular flexibility index (Phi) is 3.05. The molecule has 1 aliphatic heterocycles. The fourth-order valence-corrected chi connectivity index (χ4v) is 1.53. The standard InChI is InChI=1S/C8H16N2O2/c1-3-12-8(11)6-4-10(2)5-7(6)9/h6-7H,3-5,9H2,1-2H3. The maximum absolute atomic E-state index is 11.3. The lowest BCUT2D eigenvalue weighted by atomic mass is 10.1. The van der Waals surface area contributed by atoms with Gasteiger partial charge in [-0.2, -0.15) is 0 Å². The van der Waals surface area contributed by atoms with Gasteiger partial charge in [-0.25, -0.2) is 0 Å². The zero-order valence-corrected chi connectivity index (χ0v) is 7.62. The van der Waals surface area contributed by atoms with Crippen LogP contribution in [0.5, 0.6) is 0 Å². The van der Waals surface area contributed by atoms with Gasteiger partial charge in [-0.15, -0.1) is 0 Å². The first-order chi connectivity index (χ1) is 5.65. The Hall–Kier alpha value is -0.610. The van der Waals surface area contributed by atoms with Gasteiger partial charge >= 0.3 is 5.97 Å². The summed E-state index contributed by atoms with van der Waals surface area (Å²) in [5.74, 6) is -0.288. The van der Waals surface area contributed by atoms with E-state index in [0.717, 1.165) is 13.1 Å². The highest BCUT2D eigenvalue weighted by Crippen LogP contribution is 2.14. The molecule has 0 spiro atoms. The molecule has 2 N–H and O–H groups in total. The number of esters is 1. The molecule has 1 saturated heterocycles. The molecule has 0 aromatic heterocycles. The molecule has 12 heavy (non-hydrogen) atoms. The van der Waals surface area contributed by atoms with E-state index < -0.39 is 0 Å². The Bertz CT molecular complexity index is 172. The Morgan fingerprint density at radius 2 is 2.33 bits per heavy atom. The summed E-state index contributed by atoms with van der Waals surface area (Å²) in [5.41, 5.74) is 5.76. The molecule has 0 aliphatic carbocycles. The molecule has 1 fully saturated rings. The molecular weight excluding hydrogens is 156 g/mol. The van der Waals surface area contributed by atoms with E-state index in [4.69, 9.17) is 10.5 Å². The topological polar surface area (TPSA) is 55.6 Å². The van der Waals surface area contributed by atoms with Crippen molar-refractivity contribution < 1.29 is 9.53 Å². The van der Waals surface area contributed by atoms with Crippen LogP contribution in [0.4, 0.5) is 0 Å². The van der Waals surface area contributed by atoms with Gasteiger partial charge in [0.1, 0.15) is 0 Å². The second kappa shape index (κ2) is 3.87. The molecule has 0 saturated carbocycles. The number of hydrogen-bond acceptors (Lipinski definition) is 4. The number of carbonyl (C=O) groups excluding carboxylic acids is 1. The number of nitrogens with two attached hydrogens (primary N) is 1. The highest BCUT2D eigenvalue weighted by Gasteiger charge is 2.34. The van der Waals surface area contributed by atoms with E-state index in [9.17, 15) is 4.79 Å². The predicted molar refractivity (Wildman–Crippen MR) is 45.6 cm³/mol. The second-order valence-electron chi connectivity index (χ2n) is 3.24. The van der Waals surface area contributed by atoms with Gasteiger partial charge in [0.15, 0.2) is 0 Å². The van der Waals surface area contributed by atoms with Gasteiger partial charge in [0, 0.05) is 19.1 Å². The summed E-state index contributed by atoms with van der Waals surface area (Å²) in [6.45, 7) is 3.75. The lowest BCUT2D eigenvalue weighted by molar-refractivity contribution is -0.147. The van der Waals surface area contributed by atoms with Gasteiger partial charge in [0.2, 0.25) is 0 Å². The lowest BCUT2D eigenvalue weighted by Crippen LogP contribution is -2.35. The molecule has 0 aromatic rings. The third kappa shape index (κ3) is 1.95. The first kappa shape index (κ1) is 9.48. The van der Waals surface area contributed by atoms with Crippen LogP contribution in [0.1, 0.15) is 6.92 Å². The summed E-state index contributed by atoms with van der Waals surface area (Å²) < 4.78 is 4.90. The summed E-state index contributed by atoms with van der Waals surface area (Å²) in [6, 6.07) is -0.0611. The number of likely N-dealkylation sites (tertiary alicyclic amines) is 1. The van der Waals surface area contributed by atoms with Crippen molar-refractivity contribution in [3.05, 3.63) is 0 Å². The summed E-state index contributed by atoms with van der Waals surface area (Å²) in [6.07, 6.45) is 0. The molecule has 70 valence electrons. The number of nitrogens with zero attached hydrogens (tertiary/aromatic N) is 1. The molecule has 4 nitrogen and oxygen atoms in total. The van der Waals surface area contributed by atoms with Crippen LogP contribution in [-0.4, -0.2) is 43.7 Å². The van der Waals surface area contributed by atoms with Crippen molar-refractivity contribution >= 4 is 5.97 Å². The monoisotopic (exact) mass is 172 g/mol. The van der Waals surface area contributed by atoms with Crippen LogP contribution in [0.3, 0.4) is 0 Å². The highest BCUT2D eigenvalue weighted by molar-refractivity contribution is 5.74. The van der Waals surface area contributed by atoms with Crippen LogP contribution in [0.2, 0.25) is 0 Å². The third-order valence-electron chi connectivity index (χ3n) is 2.14. The number of carbonyl (C=O) groups is 1. The van der Waals surface area contributed by atoms with Gasteiger partial charge in [0.05, 0.1) is 12.5 Å². The van der Waals surface area contributed by atoms with Gasteiger partial charge in [-0.1, -0.05) is 0 Å². The van der Waals surface area contributed by atoms with Crippen LogP contribution in [0.25, 0.3) is 0 Å². The number of ether oxygens (including phenoxy) is 1. The van der Waals surface area contributed by atoms with E-state index in [1.54, 1.807) is 0 Å². The maximum atomic E-state index is 11.3. The van der Waals surface area contributed by atoms with Crippen LogP contribution in [0, 0.1) is 5.92 Å². The van der Waals surface area contributed by atoms with Crippen molar-refractivity contribution in [1.82, 2.24) is 4.90 Å². The van der Waals surface area contributed by atoms with Crippen LogP contribution >= 0.6 is 0 Å². The Balaban J connectivity index is 2.46. The molecule has 0 bridgehead atoms. The van der Waals surface area contributed by atoms with Crippen molar-refractivity contribution in [3.63, 3.8) is 0 Å². The van der Waals surface area contributed by atoms with Crippen LogP contribution < -0.4 is 5.73 Å². The minimum atomic E-state index is -0.158. The number of likely N-dealkylation sites (N-methyl/N-ethyl adjacent to an activating group) is 1. The molecule has 0 amide bonds. The zero-order valence-electron chi connectivity index (χ0n) is 7.62. The lowest BCUT2D eigenvalue weighted by Gasteiger charge is -2.11. The van der Waals surface area contributed by atoms with Crippen LogP contribution in [-0.2, 0) is 9.53 Å². The van der Waals surface area contributed by atoms with Crippen molar-refractivity contribution in [2.24, 2.45) is 11.7 Å². The number of rotatable bonds is 2. The molecule has 1 rings (SSSR count). The molecular formula is C8H16N2O2. The fourth-order valence-electron chi connectivity index (χ4n) is 1.53. The molecule has 0 radical (unpaired) electrons. The van der Waals surface area contributed by atoms with E-state index in [1.165, 1.54) is 0 Å². The summed E-state index contributed by atoms with van der Waals surface area (Å²) in [7, 11) is 1.96. The summed E-state index contributed by atoms with van der Waals surface area (Å²) in [4.78, 5) is 13.3. The largest absolute Gasteiger partial charge is 0.466 e. The Morgan fingerprint density at radius 1 is 1.67 bits per heavy atom. The second-order valence-corrected chi connectivity index (χ2v) is 3.24. The first-order valence-electron chi connectivity index (χ1n) is 4.26. The average Bonchev–Trinajstić information content (AvgIpc) is 2.30. The van der Waals surface area contributed by atoms with Crippen molar-refractivity contribution in [2.45, 2.75) is 13.0 Å². The Morgan fingerprint density at radius 3 is 2.75 bits per heavy atom. The van der Waals surface area contributed by atoms with Gasteiger partial charge in [-0.3, -0.25) is 4.79 Å². The summed E-state index contributed by atoms with van der Waals surface area (Å²) in [5, 5.41) is 0. The third-order valence-corrected chi connectivity index (χ3v) is 2.14. The van der Waals surface area contributed by atoms with E-state index in [1.807, 2.05) is 18.9 Å². The normalized spacial score (nSPS) is 30.6. The van der Waals surface area contributed by atoms with Crippen LogP contribution in [0.15, 0.2) is 0 Å². The van der Waals surface area contributed by atoms with Gasteiger partial charge in [-0.05, 0) is 14.0 Å². The molecule has 0 aromatic carbocycles. The van der Waals surface area contributed by atoms with Crippen molar-refractivity contribution in [2.75, 3.05) is 26.7 Å². The quantitative estimate of drug-likeness (QED) is 0.567. The number of hydrogen-bond donors (Lipinski definition) is 1. The minimum absolute atomic E-state index is 0.0611. The fraction of sp³-hybridized carbons (Fsp3) is 0.875. The van der Waals surface area contributed by atoms with Crippen molar-refractivity contribution in [1.29, 1.82) is 0 Å². The Labute approximate surface area is 72.7 Å². The summed E-state index contributed by atoms with van der Waals surface area (Å²) >= 11 is 0. The van der Waals surface area contributed by atoms with Gasteiger partial charge in [0.25, 0.3) is 0 Å². The van der Waals surface area contributed by atoms with E-state index in [0.29, 0.717) is 6.61 Å². The molecule has 2 unspecified atom stereocenters. The van der Waals surface area contributed by atoms with Gasteiger partial charge < -0.3 is 15.4 Å². The molecule has 1 heterocycles. The zero-order chi connectivity index (χ0) is 9.14. The minimum Gasteiger partial charge on any atom is -0.466 e. The van der Waals surface area contributed by atoms with E-state index in [2.05, 4.69) is 0 Å².